The summed E-state index contributed by atoms with van der Waals surface area (Å²) in [5.41, 5.74) is 0. The van der Waals surface area contributed by atoms with Crippen molar-refractivity contribution in [1.29, 1.82) is 0 Å². The summed E-state index contributed by atoms with van der Waals surface area (Å²) < 4.78 is 9.48. The van der Waals surface area contributed by atoms with Crippen LogP contribution in [0.5, 0.6) is 0 Å². The van der Waals surface area contributed by atoms with Gasteiger partial charge in [-0.05, 0) is 0 Å². The molecule has 1 rings (SSSR count). The van der Waals surface area contributed by atoms with Crippen molar-refractivity contribution in [2.45, 2.75) is 30.7 Å². The van der Waals surface area contributed by atoms with E-state index in [1.165, 1.54) is 7.11 Å². The fourth-order valence-corrected chi connectivity index (χ4v) is 1.35. The summed E-state index contributed by atoms with van der Waals surface area (Å²) in [5.74, 6) is 0. The van der Waals surface area contributed by atoms with Gasteiger partial charge in [-0.15, -0.1) is 0 Å². The highest BCUT2D eigenvalue weighted by Crippen LogP contribution is 2.21. The number of methoxy groups -OCH3 is 1. The van der Waals surface area contributed by atoms with E-state index in [1.807, 2.05) is 0 Å². The molecule has 0 saturated carbocycles. The first-order chi connectivity index (χ1) is 6.11. The second-order valence-corrected chi connectivity index (χ2v) is 2.93. The predicted molar refractivity (Wildman–Crippen MR) is 40.8 cm³/mol. The average Bonchev–Trinajstić information content (AvgIpc) is 2.12. The van der Waals surface area contributed by atoms with Crippen molar-refractivity contribution < 1.29 is 29.9 Å². The molecule has 13 heavy (non-hydrogen) atoms. The Hall–Kier alpha value is -0.240. The number of hydrogen-bond donors (Lipinski definition) is 4. The number of aliphatic hydroxyl groups is 4. The maximum atomic E-state index is 9.44. The molecule has 6 heteroatoms. The minimum Gasteiger partial charge on any atom is -0.394 e. The largest absolute Gasteiger partial charge is 0.394 e. The second kappa shape index (κ2) is 4.32. The first-order valence-corrected chi connectivity index (χ1v) is 3.95. The molecular formula is C7H14O6. The van der Waals surface area contributed by atoms with Crippen LogP contribution in [0.3, 0.4) is 0 Å². The lowest BCUT2D eigenvalue weighted by Gasteiger charge is -2.39. The molecule has 4 N–H and O–H groups in total. The van der Waals surface area contributed by atoms with Gasteiger partial charge in [0.2, 0.25) is 0 Å². The lowest BCUT2D eigenvalue weighted by Crippen LogP contribution is -2.59. The van der Waals surface area contributed by atoms with Crippen molar-refractivity contribution in [3.8, 4) is 0 Å². The van der Waals surface area contributed by atoms with Crippen molar-refractivity contribution in [2.24, 2.45) is 0 Å². The Labute approximate surface area is 75.3 Å². The molecule has 1 heterocycles. The van der Waals surface area contributed by atoms with E-state index in [0.717, 1.165) is 0 Å². The van der Waals surface area contributed by atoms with Crippen LogP contribution in [0, 0.1) is 0 Å². The van der Waals surface area contributed by atoms with Crippen LogP contribution in [0.1, 0.15) is 0 Å². The van der Waals surface area contributed by atoms with Crippen molar-refractivity contribution in [3.63, 3.8) is 0 Å². The van der Waals surface area contributed by atoms with Gasteiger partial charge >= 0.3 is 0 Å². The normalized spacial score (nSPS) is 46.4. The zero-order valence-electron chi connectivity index (χ0n) is 7.20. The van der Waals surface area contributed by atoms with Gasteiger partial charge in [-0.1, -0.05) is 0 Å². The Balaban J connectivity index is 2.69. The van der Waals surface area contributed by atoms with E-state index in [2.05, 4.69) is 0 Å². The van der Waals surface area contributed by atoms with Gasteiger partial charge in [0.1, 0.15) is 24.4 Å². The number of ether oxygens (including phenoxy) is 2. The topological polar surface area (TPSA) is 99.4 Å². The van der Waals surface area contributed by atoms with Crippen LogP contribution in [-0.4, -0.2) is 64.8 Å². The molecule has 0 aromatic rings. The summed E-state index contributed by atoms with van der Waals surface area (Å²) in [6.45, 7) is -0.440. The third-order valence-corrected chi connectivity index (χ3v) is 2.11. The molecule has 0 radical (unpaired) electrons. The molecular weight excluding hydrogens is 181 g/mol. The molecule has 1 aliphatic heterocycles. The highest BCUT2D eigenvalue weighted by Gasteiger charge is 2.43. The summed E-state index contributed by atoms with van der Waals surface area (Å²) in [7, 11) is 1.30. The molecule has 1 saturated heterocycles. The zero-order valence-corrected chi connectivity index (χ0v) is 7.20. The van der Waals surface area contributed by atoms with Crippen LogP contribution in [-0.2, 0) is 9.47 Å². The van der Waals surface area contributed by atoms with Crippen LogP contribution in [0.2, 0.25) is 0 Å². The maximum Gasteiger partial charge on any atom is 0.184 e. The monoisotopic (exact) mass is 195 g/mol. The number of hydrogen-bond acceptors (Lipinski definition) is 6. The lowest BCUT2D eigenvalue weighted by molar-refractivity contribution is -0.290. The van der Waals surface area contributed by atoms with Crippen LogP contribution >= 0.6 is 0 Å². The first kappa shape index (κ1) is 10.8. The molecule has 1 aliphatic rings. The smallest absolute Gasteiger partial charge is 0.184 e. The van der Waals surface area contributed by atoms with E-state index < -0.39 is 37.3 Å². The number of rotatable bonds is 2. The van der Waals surface area contributed by atoms with Crippen molar-refractivity contribution in [3.05, 3.63) is 0 Å². The summed E-state index contributed by atoms with van der Waals surface area (Å²) in [6, 6.07) is 0. The Morgan fingerprint density at radius 1 is 1.23 bits per heavy atom. The fraction of sp³-hybridized carbons (Fsp3) is 1.00. The average molecular weight is 195 g/mol. The van der Waals surface area contributed by atoms with Crippen LogP contribution in [0.15, 0.2) is 0 Å². The van der Waals surface area contributed by atoms with E-state index in [0.29, 0.717) is 0 Å². The lowest BCUT2D eigenvalue weighted by atomic mass is 10.0. The zero-order chi connectivity index (χ0) is 10.0. The molecule has 1 fully saturated rings. The van der Waals surface area contributed by atoms with Gasteiger partial charge in [0, 0.05) is 7.11 Å². The number of aliphatic hydroxyl groups excluding tert-OH is 4. The SMILES string of the molecule is CO[C@H]1[C@H](O)[C@@H]([13CH2]O)OC(O)[C@@H]1O. The van der Waals surface area contributed by atoms with Gasteiger partial charge < -0.3 is 29.9 Å². The Morgan fingerprint density at radius 3 is 2.31 bits per heavy atom. The van der Waals surface area contributed by atoms with E-state index in [1.54, 1.807) is 0 Å². The molecule has 78 valence electrons. The van der Waals surface area contributed by atoms with Crippen LogP contribution in [0.4, 0.5) is 0 Å². The second-order valence-electron chi connectivity index (χ2n) is 2.93. The summed E-state index contributed by atoms with van der Waals surface area (Å²) in [4.78, 5) is 0. The molecule has 0 spiro atoms. The molecule has 0 aromatic heterocycles. The minimum atomic E-state index is -1.44. The minimum absolute atomic E-state index is 0.440. The third-order valence-electron chi connectivity index (χ3n) is 2.11. The standard InChI is InChI=1S/C7H14O6/c1-12-6-4(9)3(2-8)13-7(11)5(6)10/h3-11H,2H2,1H3/t3-,4-,5-,6+,7?/m1/s1/i2+1. The van der Waals surface area contributed by atoms with Crippen LogP contribution < -0.4 is 0 Å². The molecule has 6 nitrogen and oxygen atoms in total. The van der Waals surface area contributed by atoms with Gasteiger partial charge in [-0.25, -0.2) is 0 Å². The van der Waals surface area contributed by atoms with E-state index in [9.17, 15) is 10.2 Å². The molecule has 5 atom stereocenters. The van der Waals surface area contributed by atoms with Crippen molar-refractivity contribution in [1.82, 2.24) is 0 Å². The van der Waals surface area contributed by atoms with Gasteiger partial charge in [-0.2, -0.15) is 0 Å². The highest BCUT2D eigenvalue weighted by molar-refractivity contribution is 4.89. The molecule has 1 unspecified atom stereocenters. The quantitative estimate of drug-likeness (QED) is 0.361. The first-order valence-electron chi connectivity index (χ1n) is 3.95. The summed E-state index contributed by atoms with van der Waals surface area (Å²) in [6.07, 6.45) is -5.76. The summed E-state index contributed by atoms with van der Waals surface area (Å²) in [5, 5.41) is 36.6. The predicted octanol–water partition coefficient (Wildman–Crippen LogP) is -2.57. The van der Waals surface area contributed by atoms with E-state index in [4.69, 9.17) is 19.7 Å². The van der Waals surface area contributed by atoms with Gasteiger partial charge in [0.15, 0.2) is 6.29 Å². The van der Waals surface area contributed by atoms with Crippen LogP contribution in [0.25, 0.3) is 0 Å². The fourth-order valence-electron chi connectivity index (χ4n) is 1.35. The molecule has 0 amide bonds. The van der Waals surface area contributed by atoms with Gasteiger partial charge in [0.25, 0.3) is 0 Å². The summed E-state index contributed by atoms with van der Waals surface area (Å²) >= 11 is 0. The highest BCUT2D eigenvalue weighted by atomic mass is 16.7. The van der Waals surface area contributed by atoms with Crippen molar-refractivity contribution >= 4 is 0 Å². The Bertz CT molecular complexity index is 163. The molecule has 0 aliphatic carbocycles. The van der Waals surface area contributed by atoms with E-state index >= 15 is 0 Å². The Kier molecular flexibility index (Phi) is 3.60. The maximum absolute atomic E-state index is 9.44. The van der Waals surface area contributed by atoms with Gasteiger partial charge in [0.05, 0.1) is 6.61 Å². The third kappa shape index (κ3) is 1.98. The Morgan fingerprint density at radius 2 is 1.85 bits per heavy atom. The van der Waals surface area contributed by atoms with E-state index in [-0.39, 0.29) is 0 Å². The van der Waals surface area contributed by atoms with Crippen molar-refractivity contribution in [2.75, 3.05) is 13.7 Å². The van der Waals surface area contributed by atoms with Gasteiger partial charge in [-0.3, -0.25) is 0 Å². The molecule has 0 aromatic carbocycles. The molecule has 0 bridgehead atoms.